The zero-order chi connectivity index (χ0) is 17.0. The maximum absolute atomic E-state index is 12.4. The van der Waals surface area contributed by atoms with Crippen molar-refractivity contribution < 1.29 is 9.53 Å². The minimum atomic E-state index is -0.589. The third-order valence-electron chi connectivity index (χ3n) is 3.60. The Morgan fingerprint density at radius 1 is 1.13 bits per heavy atom. The molecule has 1 amide bonds. The number of ether oxygens (including phenoxy) is 1. The Labute approximate surface area is 146 Å². The van der Waals surface area contributed by atoms with Crippen LogP contribution in [0.3, 0.4) is 0 Å². The minimum Gasteiger partial charge on any atom is -0.480 e. The number of hydrogen-bond donors (Lipinski definition) is 1. The number of nitrogens with one attached hydrogen (secondary N) is 1. The van der Waals surface area contributed by atoms with E-state index in [0.717, 1.165) is 21.3 Å². The number of carbonyl (C=O) groups is 1. The molecule has 2 rings (SSSR count). The quantitative estimate of drug-likeness (QED) is 0.770. The molecule has 2 aromatic carbocycles. The van der Waals surface area contributed by atoms with Crippen LogP contribution in [0, 0.1) is 6.92 Å². The van der Waals surface area contributed by atoms with Gasteiger partial charge in [-0.1, -0.05) is 38.1 Å². The molecule has 3 nitrogen and oxygen atoms in total. The van der Waals surface area contributed by atoms with Crippen molar-refractivity contribution in [3.63, 3.8) is 0 Å². The molecular weight excluding hydrogens is 354 g/mol. The molecule has 23 heavy (non-hydrogen) atoms. The van der Waals surface area contributed by atoms with Crippen molar-refractivity contribution in [2.45, 2.75) is 39.7 Å². The standard InChI is InChI=1S/C19H22BrNO2/c1-12(2)15-7-5-6-8-17(15)21-19(22)14(4)23-18-10-9-13(3)11-16(18)20/h5-12,14H,1-4H3,(H,21,22). The van der Waals surface area contributed by atoms with Crippen molar-refractivity contribution in [2.75, 3.05) is 5.32 Å². The van der Waals surface area contributed by atoms with Gasteiger partial charge in [-0.3, -0.25) is 4.79 Å². The summed E-state index contributed by atoms with van der Waals surface area (Å²) in [6.45, 7) is 7.97. The zero-order valence-electron chi connectivity index (χ0n) is 13.9. The van der Waals surface area contributed by atoms with Gasteiger partial charge in [-0.2, -0.15) is 0 Å². The molecule has 1 N–H and O–H groups in total. The van der Waals surface area contributed by atoms with E-state index in [9.17, 15) is 4.79 Å². The summed E-state index contributed by atoms with van der Waals surface area (Å²) in [5.41, 5.74) is 3.09. The Morgan fingerprint density at radius 2 is 1.83 bits per heavy atom. The smallest absolute Gasteiger partial charge is 0.265 e. The number of halogens is 1. The van der Waals surface area contributed by atoms with Crippen LogP contribution in [0.1, 0.15) is 37.8 Å². The Balaban J connectivity index is 2.09. The Hall–Kier alpha value is -1.81. The Kier molecular flexibility index (Phi) is 5.83. The van der Waals surface area contributed by atoms with E-state index in [1.54, 1.807) is 6.92 Å². The highest BCUT2D eigenvalue weighted by atomic mass is 79.9. The van der Waals surface area contributed by atoms with E-state index >= 15 is 0 Å². The molecule has 0 aliphatic carbocycles. The summed E-state index contributed by atoms with van der Waals surface area (Å²) in [5.74, 6) is 0.843. The van der Waals surface area contributed by atoms with E-state index in [-0.39, 0.29) is 5.91 Å². The number of aryl methyl sites for hydroxylation is 1. The van der Waals surface area contributed by atoms with Gasteiger partial charge in [0.05, 0.1) is 4.47 Å². The third-order valence-corrected chi connectivity index (χ3v) is 4.22. The molecule has 0 aliphatic heterocycles. The van der Waals surface area contributed by atoms with Crippen LogP contribution in [0.15, 0.2) is 46.9 Å². The molecule has 0 radical (unpaired) electrons. The van der Waals surface area contributed by atoms with Crippen molar-refractivity contribution in [1.82, 2.24) is 0 Å². The van der Waals surface area contributed by atoms with E-state index in [4.69, 9.17) is 4.74 Å². The first-order valence-corrected chi connectivity index (χ1v) is 8.50. The average molecular weight is 376 g/mol. The first kappa shape index (κ1) is 17.5. The van der Waals surface area contributed by atoms with Crippen molar-refractivity contribution in [2.24, 2.45) is 0 Å². The molecule has 0 heterocycles. The van der Waals surface area contributed by atoms with E-state index in [2.05, 4.69) is 35.1 Å². The summed E-state index contributed by atoms with van der Waals surface area (Å²) in [5, 5.41) is 2.96. The van der Waals surface area contributed by atoms with E-state index < -0.39 is 6.10 Å². The monoisotopic (exact) mass is 375 g/mol. The molecule has 0 spiro atoms. The molecule has 0 aliphatic rings. The van der Waals surface area contributed by atoms with E-state index in [1.807, 2.05) is 49.4 Å². The highest BCUT2D eigenvalue weighted by Gasteiger charge is 2.18. The molecule has 0 aromatic heterocycles. The van der Waals surface area contributed by atoms with Crippen LogP contribution < -0.4 is 10.1 Å². The van der Waals surface area contributed by atoms with Gasteiger partial charge >= 0.3 is 0 Å². The molecule has 0 bridgehead atoms. The van der Waals surface area contributed by atoms with Crippen LogP contribution in [-0.4, -0.2) is 12.0 Å². The summed E-state index contributed by atoms with van der Waals surface area (Å²) in [6, 6.07) is 13.6. The second-order valence-corrected chi connectivity index (χ2v) is 6.78. The largest absolute Gasteiger partial charge is 0.480 e. The van der Waals surface area contributed by atoms with Gasteiger partial charge in [0.25, 0.3) is 5.91 Å². The lowest BCUT2D eigenvalue weighted by atomic mass is 10.0. The van der Waals surface area contributed by atoms with Gasteiger partial charge < -0.3 is 10.1 Å². The summed E-state index contributed by atoms with van der Waals surface area (Å²) in [6.07, 6.45) is -0.589. The van der Waals surface area contributed by atoms with Gasteiger partial charge in [0.15, 0.2) is 6.10 Å². The summed E-state index contributed by atoms with van der Waals surface area (Å²) < 4.78 is 6.62. The fourth-order valence-electron chi connectivity index (χ4n) is 2.29. The van der Waals surface area contributed by atoms with E-state index in [1.165, 1.54) is 0 Å². The van der Waals surface area contributed by atoms with Gasteiger partial charge in [-0.15, -0.1) is 0 Å². The highest BCUT2D eigenvalue weighted by Crippen LogP contribution is 2.27. The molecule has 0 saturated heterocycles. The van der Waals surface area contributed by atoms with Crippen LogP contribution in [0.5, 0.6) is 5.75 Å². The van der Waals surface area contributed by atoms with Crippen molar-refractivity contribution in [3.8, 4) is 5.75 Å². The first-order valence-electron chi connectivity index (χ1n) is 7.71. The van der Waals surface area contributed by atoms with Crippen LogP contribution in [0.25, 0.3) is 0 Å². The molecule has 1 unspecified atom stereocenters. The number of para-hydroxylation sites is 1. The van der Waals surface area contributed by atoms with Gasteiger partial charge in [-0.25, -0.2) is 0 Å². The van der Waals surface area contributed by atoms with Gasteiger partial charge in [0.1, 0.15) is 5.75 Å². The predicted octanol–water partition coefficient (Wildman–Crippen LogP) is 5.29. The second-order valence-electron chi connectivity index (χ2n) is 5.93. The second kappa shape index (κ2) is 7.64. The van der Waals surface area contributed by atoms with Gasteiger partial charge in [-0.05, 0) is 65.0 Å². The van der Waals surface area contributed by atoms with Crippen molar-refractivity contribution in [3.05, 3.63) is 58.1 Å². The molecular formula is C19H22BrNO2. The first-order chi connectivity index (χ1) is 10.9. The van der Waals surface area contributed by atoms with Crippen LogP contribution in [0.4, 0.5) is 5.69 Å². The van der Waals surface area contributed by atoms with Crippen LogP contribution in [0.2, 0.25) is 0 Å². The number of carbonyl (C=O) groups excluding carboxylic acids is 1. The Morgan fingerprint density at radius 3 is 2.48 bits per heavy atom. The lowest BCUT2D eigenvalue weighted by Crippen LogP contribution is -2.30. The molecule has 1 atom stereocenters. The van der Waals surface area contributed by atoms with E-state index in [0.29, 0.717) is 11.7 Å². The molecule has 0 fully saturated rings. The van der Waals surface area contributed by atoms with Crippen molar-refractivity contribution >= 4 is 27.5 Å². The van der Waals surface area contributed by atoms with Crippen LogP contribution in [-0.2, 0) is 4.79 Å². The molecule has 2 aromatic rings. The molecule has 0 saturated carbocycles. The topological polar surface area (TPSA) is 38.3 Å². The zero-order valence-corrected chi connectivity index (χ0v) is 15.5. The number of rotatable bonds is 5. The highest BCUT2D eigenvalue weighted by molar-refractivity contribution is 9.10. The molecule has 4 heteroatoms. The predicted molar refractivity (Wildman–Crippen MR) is 98.1 cm³/mol. The lowest BCUT2D eigenvalue weighted by molar-refractivity contribution is -0.122. The molecule has 122 valence electrons. The van der Waals surface area contributed by atoms with Gasteiger partial charge in [0, 0.05) is 5.69 Å². The van der Waals surface area contributed by atoms with Crippen LogP contribution >= 0.6 is 15.9 Å². The average Bonchev–Trinajstić information content (AvgIpc) is 2.50. The fourth-order valence-corrected chi connectivity index (χ4v) is 2.88. The third kappa shape index (κ3) is 4.58. The normalized spacial score (nSPS) is 12.1. The number of benzene rings is 2. The lowest BCUT2D eigenvalue weighted by Gasteiger charge is -2.18. The Bertz CT molecular complexity index is 698. The number of amides is 1. The SMILES string of the molecule is Cc1ccc(OC(C)C(=O)Nc2ccccc2C(C)C)c(Br)c1. The summed E-state index contributed by atoms with van der Waals surface area (Å²) in [4.78, 5) is 12.4. The maximum atomic E-state index is 12.4. The fraction of sp³-hybridized carbons (Fsp3) is 0.316. The minimum absolute atomic E-state index is 0.162. The summed E-state index contributed by atoms with van der Waals surface area (Å²) >= 11 is 3.47. The van der Waals surface area contributed by atoms with Gasteiger partial charge in [0.2, 0.25) is 0 Å². The van der Waals surface area contributed by atoms with Crippen molar-refractivity contribution in [1.29, 1.82) is 0 Å². The number of hydrogen-bond acceptors (Lipinski definition) is 2. The number of anilines is 1. The maximum Gasteiger partial charge on any atom is 0.265 e. The summed E-state index contributed by atoms with van der Waals surface area (Å²) in [7, 11) is 0.